The van der Waals surface area contributed by atoms with E-state index in [0.717, 1.165) is 108 Å². The third kappa shape index (κ3) is 10.6. The highest BCUT2D eigenvalue weighted by molar-refractivity contribution is 7.99. The van der Waals surface area contributed by atoms with Crippen molar-refractivity contribution in [3.63, 3.8) is 0 Å². The van der Waals surface area contributed by atoms with Crippen molar-refractivity contribution in [1.82, 2.24) is 29.9 Å². The van der Waals surface area contributed by atoms with Gasteiger partial charge in [0, 0.05) is 58.5 Å². The quantitative estimate of drug-likeness (QED) is 0.131. The van der Waals surface area contributed by atoms with Crippen LogP contribution >= 0.6 is 23.5 Å². The summed E-state index contributed by atoms with van der Waals surface area (Å²) in [4.78, 5) is 36.5. The van der Waals surface area contributed by atoms with Crippen LogP contribution in [0.4, 0.5) is 0 Å². The Morgan fingerprint density at radius 3 is 1.02 bits per heavy atom. The third-order valence-corrected chi connectivity index (χ3v) is 25.4. The van der Waals surface area contributed by atoms with Crippen molar-refractivity contribution >= 4 is 34.3 Å². The first-order chi connectivity index (χ1) is 56.3. The molecule has 4 aliphatic rings. The van der Waals surface area contributed by atoms with Crippen molar-refractivity contribution in [1.29, 1.82) is 10.5 Å². The molecule has 0 radical (unpaired) electrons. The first-order valence-corrected chi connectivity index (χ1v) is 39.7. The molecule has 8 nitrogen and oxygen atoms in total. The fourth-order valence-corrected chi connectivity index (χ4v) is 20.6. The van der Waals surface area contributed by atoms with Gasteiger partial charge < -0.3 is 0 Å². The fraction of sp³-hybridized carbons (Fsp3) is 0.0192. The second kappa shape index (κ2) is 26.6. The van der Waals surface area contributed by atoms with Crippen LogP contribution in [0.15, 0.2) is 384 Å². The second-order valence-corrected chi connectivity index (χ2v) is 31.5. The summed E-state index contributed by atoms with van der Waals surface area (Å²) in [5.41, 5.74) is 27.3. The molecule has 10 heteroatoms. The van der Waals surface area contributed by atoms with Crippen molar-refractivity contribution in [3.8, 4) is 147 Å². The average molecular weight is 1490 g/mol. The SMILES string of the molecule is N#Cc1cccc(-c2ccc3c(c2)Sc2cc(-c4nc(-c5cccc(-c6ccccc6)c5)nc(-c5cccc(-c6ccc(C#N)c(-c7ccc8c(c7)Sc7cc(-c9nc(-c%10ccccc%10)nc(-c%10ccc%11ccccc%11c%10)n9)ccc7C87c8ccccc8-c8ccccc87)c6)c5)n4)ccc2C32c3ccccc3-c3ccccc32)c1. The zero-order valence-electron chi connectivity index (χ0n) is 61.0. The lowest BCUT2D eigenvalue weighted by molar-refractivity contribution is 0.722. The van der Waals surface area contributed by atoms with Gasteiger partial charge in [0.15, 0.2) is 34.9 Å². The molecule has 0 unspecified atom stereocenters. The van der Waals surface area contributed by atoms with Gasteiger partial charge in [0.25, 0.3) is 0 Å². The molecule has 0 atom stereocenters. The summed E-state index contributed by atoms with van der Waals surface area (Å²) < 4.78 is 0. The molecule has 0 saturated carbocycles. The molecule has 528 valence electrons. The van der Waals surface area contributed by atoms with E-state index in [1.165, 1.54) is 66.8 Å². The van der Waals surface area contributed by atoms with Crippen LogP contribution in [-0.2, 0) is 10.8 Å². The van der Waals surface area contributed by atoms with Crippen LogP contribution in [-0.4, -0.2) is 29.9 Å². The van der Waals surface area contributed by atoms with Crippen LogP contribution in [0.1, 0.15) is 55.6 Å². The standard InChI is InChI=1S/C104H60N8S2/c105-61-63-20-17-27-67(52-63)72-44-48-89-93(57-72)113-95-60-78(47-51-91(95)103(89)85-36-13-9-32-80(85)81-33-10-14-37-86(81)103)102-110-98(74-30-18-28-69(53-74)64-21-3-1-4-22-64)109-99(111-102)75-31-19-29-70(55-75)71-41-43-79(62-106)84(56-71)73-45-49-90-94(58-73)114-96-59-77(46-50-92(96)104(90)87-38-15-11-34-82(87)83-35-12-16-39-88(83)104)101-108-97(66-24-5-2-6-25-66)107-100(112-101)76-42-40-65-23-7-8-26-68(65)54-76/h1-60H. The summed E-state index contributed by atoms with van der Waals surface area (Å²) in [6.45, 7) is 0. The van der Waals surface area contributed by atoms with Crippen LogP contribution in [0.25, 0.3) is 146 Å². The summed E-state index contributed by atoms with van der Waals surface area (Å²) in [6.07, 6.45) is 0. The molecule has 16 aromatic carbocycles. The Labute approximate surface area is 667 Å². The van der Waals surface area contributed by atoms with Gasteiger partial charge in [0.1, 0.15) is 0 Å². The predicted octanol–water partition coefficient (Wildman–Crippen LogP) is 25.3. The molecular formula is C104H60N8S2. The lowest BCUT2D eigenvalue weighted by Crippen LogP contribution is -2.32. The Kier molecular flexibility index (Phi) is 15.5. The van der Waals surface area contributed by atoms with E-state index in [-0.39, 0.29) is 0 Å². The molecule has 0 bridgehead atoms. The monoisotopic (exact) mass is 1480 g/mol. The molecule has 2 aliphatic heterocycles. The number of nitrogens with zero attached hydrogens (tertiary/aromatic N) is 8. The Balaban J connectivity index is 0.668. The summed E-state index contributed by atoms with van der Waals surface area (Å²) in [5.74, 6) is 3.36. The number of rotatable bonds is 10. The normalized spacial score (nSPS) is 13.1. The predicted molar refractivity (Wildman–Crippen MR) is 457 cm³/mol. The Hall–Kier alpha value is -14.5. The molecule has 2 spiro atoms. The van der Waals surface area contributed by atoms with Gasteiger partial charge in [-0.15, -0.1) is 0 Å². The Morgan fingerprint density at radius 1 is 0.202 bits per heavy atom. The van der Waals surface area contributed by atoms with Crippen molar-refractivity contribution in [2.24, 2.45) is 0 Å². The van der Waals surface area contributed by atoms with Gasteiger partial charge in [-0.2, -0.15) is 10.5 Å². The molecule has 4 heterocycles. The average Bonchev–Trinajstić information content (AvgIpc) is 1.50. The molecule has 0 N–H and O–H groups in total. The maximum atomic E-state index is 11.2. The van der Waals surface area contributed by atoms with Gasteiger partial charge in [-0.25, -0.2) is 29.9 Å². The van der Waals surface area contributed by atoms with E-state index in [9.17, 15) is 10.5 Å². The minimum Gasteiger partial charge on any atom is -0.208 e. The first kappa shape index (κ1) is 66.5. The van der Waals surface area contributed by atoms with Crippen LogP contribution in [0.3, 0.4) is 0 Å². The summed E-state index contributed by atoms with van der Waals surface area (Å²) >= 11 is 3.51. The molecule has 2 aromatic heterocycles. The molecule has 0 saturated heterocycles. The molecule has 2 aliphatic carbocycles. The van der Waals surface area contributed by atoms with Gasteiger partial charge in [-0.05, 0) is 183 Å². The van der Waals surface area contributed by atoms with Gasteiger partial charge >= 0.3 is 0 Å². The molecule has 0 amide bonds. The second-order valence-electron chi connectivity index (χ2n) is 29.4. The molecule has 0 fully saturated rings. The molecule has 18 aromatic rings. The summed E-state index contributed by atoms with van der Waals surface area (Å²) in [6, 6.07) is 134. The minimum atomic E-state index is -0.688. The summed E-state index contributed by atoms with van der Waals surface area (Å²) in [5, 5.41) is 23.5. The lowest BCUT2D eigenvalue weighted by Gasteiger charge is -2.40. The van der Waals surface area contributed by atoms with Crippen molar-refractivity contribution in [3.05, 3.63) is 420 Å². The van der Waals surface area contributed by atoms with Gasteiger partial charge in [-0.3, -0.25) is 0 Å². The number of hydrogen-bond donors (Lipinski definition) is 0. The van der Waals surface area contributed by atoms with Crippen molar-refractivity contribution < 1.29 is 0 Å². The fourth-order valence-electron chi connectivity index (χ4n) is 18.0. The summed E-state index contributed by atoms with van der Waals surface area (Å²) in [7, 11) is 0. The Bertz CT molecular complexity index is 7090. The van der Waals surface area contributed by atoms with E-state index in [1.54, 1.807) is 23.5 Å². The van der Waals surface area contributed by atoms with E-state index in [2.05, 4.69) is 309 Å². The van der Waals surface area contributed by atoms with Crippen LogP contribution in [0, 0.1) is 22.7 Å². The number of nitriles is 2. The first-order valence-electron chi connectivity index (χ1n) is 38.0. The van der Waals surface area contributed by atoms with Crippen LogP contribution < -0.4 is 0 Å². The number of benzene rings is 16. The zero-order valence-corrected chi connectivity index (χ0v) is 62.7. The number of fused-ring (bicyclic) bond motifs is 19. The van der Waals surface area contributed by atoms with E-state index in [4.69, 9.17) is 29.9 Å². The highest BCUT2D eigenvalue weighted by Crippen LogP contribution is 2.65. The largest absolute Gasteiger partial charge is 0.208 e. The van der Waals surface area contributed by atoms with Crippen LogP contribution in [0.5, 0.6) is 0 Å². The van der Waals surface area contributed by atoms with Gasteiger partial charge in [0.05, 0.1) is 34.1 Å². The zero-order chi connectivity index (χ0) is 75.6. The lowest BCUT2D eigenvalue weighted by atomic mass is 9.67. The Morgan fingerprint density at radius 2 is 0.526 bits per heavy atom. The number of aromatic nitrogens is 6. The molecule has 114 heavy (non-hydrogen) atoms. The molecular weight excluding hydrogens is 1430 g/mol. The van der Waals surface area contributed by atoms with E-state index in [1.807, 2.05) is 66.7 Å². The van der Waals surface area contributed by atoms with E-state index >= 15 is 0 Å². The maximum Gasteiger partial charge on any atom is 0.164 e. The van der Waals surface area contributed by atoms with Crippen molar-refractivity contribution in [2.75, 3.05) is 0 Å². The minimum absolute atomic E-state index is 0.516. The van der Waals surface area contributed by atoms with E-state index in [0.29, 0.717) is 46.1 Å². The topological polar surface area (TPSA) is 125 Å². The van der Waals surface area contributed by atoms with Gasteiger partial charge in [-0.1, -0.05) is 321 Å². The van der Waals surface area contributed by atoms with Gasteiger partial charge in [0.2, 0.25) is 0 Å². The number of hydrogen-bond acceptors (Lipinski definition) is 10. The molecule has 22 rings (SSSR count). The van der Waals surface area contributed by atoms with Crippen LogP contribution in [0.2, 0.25) is 0 Å². The third-order valence-electron chi connectivity index (χ3n) is 23.2. The highest BCUT2D eigenvalue weighted by atomic mass is 32.2. The maximum absolute atomic E-state index is 11.2. The smallest absolute Gasteiger partial charge is 0.164 e. The van der Waals surface area contributed by atoms with E-state index < -0.39 is 10.8 Å². The highest BCUT2D eigenvalue weighted by Gasteiger charge is 2.52. The van der Waals surface area contributed by atoms with Crippen molar-refractivity contribution in [2.45, 2.75) is 30.4 Å².